The Labute approximate surface area is 128 Å². The van der Waals surface area contributed by atoms with Gasteiger partial charge in [0.25, 0.3) is 5.91 Å². The average molecular weight is 301 g/mol. The van der Waals surface area contributed by atoms with E-state index >= 15 is 0 Å². The second-order valence-electron chi connectivity index (χ2n) is 5.70. The van der Waals surface area contributed by atoms with E-state index in [-0.39, 0.29) is 18.4 Å². The number of likely N-dealkylation sites (tertiary alicyclic amines) is 1. The van der Waals surface area contributed by atoms with Gasteiger partial charge < -0.3 is 10.0 Å². The highest BCUT2D eigenvalue weighted by Gasteiger charge is 2.29. The van der Waals surface area contributed by atoms with Crippen LogP contribution in [0.5, 0.6) is 0 Å². The predicted octanol–water partition coefficient (Wildman–Crippen LogP) is 2.42. The Morgan fingerprint density at radius 1 is 1.32 bits per heavy atom. The van der Waals surface area contributed by atoms with Crippen LogP contribution in [0.25, 0.3) is 10.9 Å². The minimum absolute atomic E-state index is 0.00666. The molecule has 2 aromatic rings. The number of nitrogens with zero attached hydrogens (tertiary/aromatic N) is 2. The third-order valence-electron chi connectivity index (χ3n) is 4.25. The topological polar surface area (TPSA) is 86.3 Å². The van der Waals surface area contributed by atoms with E-state index < -0.39 is 5.97 Å². The fraction of sp³-hybridized carbons (Fsp3) is 0.438. The van der Waals surface area contributed by atoms with Gasteiger partial charge in [0.05, 0.1) is 5.52 Å². The van der Waals surface area contributed by atoms with Crippen molar-refractivity contribution in [3.63, 3.8) is 0 Å². The molecule has 6 nitrogen and oxygen atoms in total. The number of nitrogens with one attached hydrogen (secondary N) is 1. The minimum Gasteiger partial charge on any atom is -0.481 e. The van der Waals surface area contributed by atoms with Crippen LogP contribution in [0, 0.1) is 0 Å². The molecule has 1 aliphatic heterocycles. The van der Waals surface area contributed by atoms with E-state index in [0.29, 0.717) is 18.7 Å². The molecule has 0 bridgehead atoms. The smallest absolute Gasteiger partial charge is 0.303 e. The Balaban J connectivity index is 1.83. The van der Waals surface area contributed by atoms with Crippen LogP contribution in [0.1, 0.15) is 42.6 Å². The van der Waals surface area contributed by atoms with Gasteiger partial charge in [-0.2, -0.15) is 5.10 Å². The Bertz CT molecular complexity index is 695. The maximum Gasteiger partial charge on any atom is 0.303 e. The van der Waals surface area contributed by atoms with E-state index in [2.05, 4.69) is 10.2 Å². The third-order valence-corrected chi connectivity index (χ3v) is 4.25. The molecule has 0 spiro atoms. The molecule has 1 atom stereocenters. The summed E-state index contributed by atoms with van der Waals surface area (Å²) in [5, 5.41) is 16.7. The van der Waals surface area contributed by atoms with Crippen LogP contribution in [0.2, 0.25) is 0 Å². The average Bonchev–Trinajstić information content (AvgIpc) is 2.96. The molecule has 1 amide bonds. The first-order valence-corrected chi connectivity index (χ1v) is 7.62. The minimum atomic E-state index is -0.816. The van der Waals surface area contributed by atoms with Crippen LogP contribution in [-0.2, 0) is 4.79 Å². The second-order valence-corrected chi connectivity index (χ2v) is 5.70. The number of carboxylic acids is 1. The molecule has 0 aliphatic carbocycles. The first-order valence-electron chi connectivity index (χ1n) is 7.62. The number of benzene rings is 1. The van der Waals surface area contributed by atoms with Crippen molar-refractivity contribution in [2.75, 3.05) is 6.54 Å². The van der Waals surface area contributed by atoms with E-state index in [1.54, 1.807) is 4.90 Å². The lowest BCUT2D eigenvalue weighted by atomic mass is 9.97. The summed E-state index contributed by atoms with van der Waals surface area (Å²) in [5.41, 5.74) is 1.27. The van der Waals surface area contributed by atoms with E-state index in [1.807, 2.05) is 24.3 Å². The number of hydrogen-bond donors (Lipinski definition) is 2. The van der Waals surface area contributed by atoms with Gasteiger partial charge >= 0.3 is 5.97 Å². The van der Waals surface area contributed by atoms with Gasteiger partial charge in [0.15, 0.2) is 5.69 Å². The molecule has 2 heterocycles. The summed E-state index contributed by atoms with van der Waals surface area (Å²) in [5.74, 6) is -0.921. The molecule has 2 N–H and O–H groups in total. The summed E-state index contributed by atoms with van der Waals surface area (Å²) in [6, 6.07) is 7.53. The number of rotatable bonds is 4. The number of carbonyl (C=O) groups is 2. The van der Waals surface area contributed by atoms with E-state index in [9.17, 15) is 9.59 Å². The largest absolute Gasteiger partial charge is 0.481 e. The summed E-state index contributed by atoms with van der Waals surface area (Å²) >= 11 is 0. The number of aliphatic carboxylic acids is 1. The van der Waals surface area contributed by atoms with E-state index in [4.69, 9.17) is 5.11 Å². The number of aromatic nitrogens is 2. The molecule has 116 valence electrons. The number of amides is 1. The van der Waals surface area contributed by atoms with Crippen LogP contribution < -0.4 is 0 Å². The fourth-order valence-electron chi connectivity index (χ4n) is 3.12. The summed E-state index contributed by atoms with van der Waals surface area (Å²) in [4.78, 5) is 25.4. The zero-order valence-electron chi connectivity index (χ0n) is 12.3. The number of fused-ring (bicyclic) bond motifs is 1. The Kier molecular flexibility index (Phi) is 4.09. The third kappa shape index (κ3) is 2.81. The normalized spacial score (nSPS) is 18.5. The van der Waals surface area contributed by atoms with Gasteiger partial charge in [-0.1, -0.05) is 18.2 Å². The molecule has 0 radical (unpaired) electrons. The molecule has 1 saturated heterocycles. The molecule has 6 heteroatoms. The van der Waals surface area contributed by atoms with Crippen molar-refractivity contribution in [1.82, 2.24) is 15.1 Å². The van der Waals surface area contributed by atoms with Gasteiger partial charge in [0.2, 0.25) is 0 Å². The van der Waals surface area contributed by atoms with E-state index in [1.165, 1.54) is 0 Å². The van der Waals surface area contributed by atoms with Crippen LogP contribution in [-0.4, -0.2) is 44.7 Å². The highest BCUT2D eigenvalue weighted by atomic mass is 16.4. The zero-order chi connectivity index (χ0) is 15.5. The Morgan fingerprint density at radius 3 is 2.95 bits per heavy atom. The molecule has 1 fully saturated rings. The van der Waals surface area contributed by atoms with Crippen molar-refractivity contribution in [1.29, 1.82) is 0 Å². The van der Waals surface area contributed by atoms with Gasteiger partial charge in [-0.15, -0.1) is 0 Å². The van der Waals surface area contributed by atoms with Crippen LogP contribution >= 0.6 is 0 Å². The number of hydrogen-bond acceptors (Lipinski definition) is 3. The van der Waals surface area contributed by atoms with Crippen LogP contribution in [0.3, 0.4) is 0 Å². The summed E-state index contributed by atoms with van der Waals surface area (Å²) in [7, 11) is 0. The molecular formula is C16H19N3O3. The molecule has 0 unspecified atom stereocenters. The number of carbonyl (C=O) groups excluding carboxylic acids is 1. The summed E-state index contributed by atoms with van der Waals surface area (Å²) in [6.07, 6.45) is 3.45. The van der Waals surface area contributed by atoms with Crippen LogP contribution in [0.4, 0.5) is 0 Å². The van der Waals surface area contributed by atoms with E-state index in [0.717, 1.165) is 30.2 Å². The quantitative estimate of drug-likeness (QED) is 0.908. The first kappa shape index (κ1) is 14.6. The standard InChI is InChI=1S/C16H19N3O3/c20-14(21)9-8-11-5-3-4-10-19(11)16(22)15-12-6-1-2-7-13(12)17-18-15/h1-2,6-7,11H,3-5,8-10H2,(H,17,18)(H,20,21)/t11-/m0/s1. The van der Waals surface area contributed by atoms with Crippen molar-refractivity contribution in [2.45, 2.75) is 38.1 Å². The first-order chi connectivity index (χ1) is 10.7. The molecule has 0 saturated carbocycles. The SMILES string of the molecule is O=C(O)CC[C@@H]1CCCCN1C(=O)c1n[nH]c2ccccc12. The Hall–Kier alpha value is -2.37. The fourth-order valence-corrected chi connectivity index (χ4v) is 3.12. The molecule has 1 aromatic heterocycles. The number of piperidine rings is 1. The molecular weight excluding hydrogens is 282 g/mol. The van der Waals surface area contributed by atoms with Crippen LogP contribution in [0.15, 0.2) is 24.3 Å². The number of H-pyrrole nitrogens is 1. The van der Waals surface area contributed by atoms with Crippen molar-refractivity contribution < 1.29 is 14.7 Å². The highest BCUT2D eigenvalue weighted by molar-refractivity contribution is 6.04. The zero-order valence-corrected chi connectivity index (χ0v) is 12.3. The molecule has 3 rings (SSSR count). The summed E-state index contributed by atoms with van der Waals surface area (Å²) in [6.45, 7) is 0.671. The number of carboxylic acid groups (broad SMARTS) is 1. The maximum atomic E-state index is 12.8. The highest BCUT2D eigenvalue weighted by Crippen LogP contribution is 2.25. The van der Waals surface area contributed by atoms with Gasteiger partial charge in [-0.25, -0.2) is 0 Å². The van der Waals surface area contributed by atoms with Crippen molar-refractivity contribution in [3.8, 4) is 0 Å². The maximum absolute atomic E-state index is 12.8. The lowest BCUT2D eigenvalue weighted by Gasteiger charge is -2.35. The second kappa shape index (κ2) is 6.17. The van der Waals surface area contributed by atoms with Gasteiger partial charge in [0, 0.05) is 24.4 Å². The molecule has 1 aromatic carbocycles. The summed E-state index contributed by atoms with van der Waals surface area (Å²) < 4.78 is 0. The lowest BCUT2D eigenvalue weighted by Crippen LogP contribution is -2.44. The Morgan fingerprint density at radius 2 is 2.14 bits per heavy atom. The lowest BCUT2D eigenvalue weighted by molar-refractivity contribution is -0.137. The van der Waals surface area contributed by atoms with Gasteiger partial charge in [0.1, 0.15) is 0 Å². The monoisotopic (exact) mass is 301 g/mol. The van der Waals surface area contributed by atoms with Crippen molar-refractivity contribution in [2.24, 2.45) is 0 Å². The van der Waals surface area contributed by atoms with Crippen molar-refractivity contribution >= 4 is 22.8 Å². The predicted molar refractivity (Wildman–Crippen MR) is 81.6 cm³/mol. The van der Waals surface area contributed by atoms with Crippen molar-refractivity contribution in [3.05, 3.63) is 30.0 Å². The number of para-hydroxylation sites is 1. The molecule has 22 heavy (non-hydrogen) atoms. The molecule has 1 aliphatic rings. The van der Waals surface area contributed by atoms with Gasteiger partial charge in [-0.3, -0.25) is 14.7 Å². The van der Waals surface area contributed by atoms with Gasteiger partial charge in [-0.05, 0) is 31.7 Å². The number of aromatic amines is 1.